The average molecular weight is 429 g/mol. The van der Waals surface area contributed by atoms with Gasteiger partial charge in [-0.1, -0.05) is 13.8 Å². The second-order valence-electron chi connectivity index (χ2n) is 12.2. The third-order valence-corrected chi connectivity index (χ3v) is 10.7. The summed E-state index contributed by atoms with van der Waals surface area (Å²) in [6, 6.07) is 0. The van der Waals surface area contributed by atoms with Gasteiger partial charge in [-0.25, -0.2) is 4.68 Å². The molecule has 1 N–H and O–H groups in total. The van der Waals surface area contributed by atoms with Gasteiger partial charge in [0.25, 0.3) is 0 Å². The van der Waals surface area contributed by atoms with E-state index in [1.54, 1.807) is 4.68 Å². The molecule has 4 saturated carbocycles. The smallest absolute Gasteiger partial charge is 0.158 e. The van der Waals surface area contributed by atoms with E-state index < -0.39 is 5.60 Å². The highest BCUT2D eigenvalue weighted by molar-refractivity contribution is 5.82. The van der Waals surface area contributed by atoms with Gasteiger partial charge in [0.2, 0.25) is 0 Å². The molecule has 6 nitrogen and oxygen atoms in total. The number of nitrogens with zero attached hydrogens (tertiary/aromatic N) is 4. The number of rotatable bonds is 3. The number of carbonyl (C=O) groups excluding carboxylic acids is 1. The third-order valence-electron chi connectivity index (χ3n) is 10.7. The minimum Gasteiger partial charge on any atom is -0.390 e. The lowest BCUT2D eigenvalue weighted by atomic mass is 9.46. The third kappa shape index (κ3) is 3.39. The first-order valence-electron chi connectivity index (χ1n) is 12.6. The molecule has 0 aliphatic heterocycles. The van der Waals surface area contributed by atoms with Crippen LogP contribution in [0.4, 0.5) is 0 Å². The van der Waals surface area contributed by atoms with Crippen LogP contribution in [-0.2, 0) is 11.3 Å². The van der Waals surface area contributed by atoms with Crippen molar-refractivity contribution in [1.29, 1.82) is 0 Å². The molecular weight excluding hydrogens is 388 g/mol. The van der Waals surface area contributed by atoms with Crippen molar-refractivity contribution in [2.24, 2.45) is 40.4 Å². The molecule has 1 heterocycles. The minimum atomic E-state index is -0.488. The molecule has 4 aliphatic rings. The summed E-state index contributed by atoms with van der Waals surface area (Å²) in [6.07, 6.45) is 11.5. The summed E-state index contributed by atoms with van der Waals surface area (Å²) >= 11 is 0. The number of carbonyl (C=O) groups is 1. The number of tetrazole rings is 1. The molecule has 6 heteroatoms. The lowest BCUT2D eigenvalue weighted by Crippen LogP contribution is -2.52. The van der Waals surface area contributed by atoms with Crippen molar-refractivity contribution in [2.45, 2.75) is 104 Å². The van der Waals surface area contributed by atoms with Crippen molar-refractivity contribution in [3.05, 3.63) is 5.82 Å². The standard InChI is InChI=1S/C25H40N4O2/c1-16-26-27-28-29(16)15-22(30)21-8-7-19-18-6-5-17-9-11-23(2,31)13-14-24(17,3)20(18)10-12-25(19,21)4/h17-21,31H,5-15H2,1-4H3/t17-,18-,19-,20-,21+,23-,24-,25-/m0/s1. The van der Waals surface area contributed by atoms with Gasteiger partial charge < -0.3 is 5.11 Å². The second kappa shape index (κ2) is 7.36. The summed E-state index contributed by atoms with van der Waals surface area (Å²) in [5, 5.41) is 22.4. The summed E-state index contributed by atoms with van der Waals surface area (Å²) in [5.41, 5.74) is -0.00578. The van der Waals surface area contributed by atoms with Crippen LogP contribution >= 0.6 is 0 Å². The van der Waals surface area contributed by atoms with Gasteiger partial charge in [-0.15, -0.1) is 5.10 Å². The number of hydrogen-bond acceptors (Lipinski definition) is 5. The van der Waals surface area contributed by atoms with Gasteiger partial charge in [0.05, 0.1) is 5.60 Å². The summed E-state index contributed by atoms with van der Waals surface area (Å²) < 4.78 is 1.66. The second-order valence-corrected chi connectivity index (χ2v) is 12.2. The summed E-state index contributed by atoms with van der Waals surface area (Å²) in [5.74, 6) is 4.11. The Bertz CT molecular complexity index is 850. The van der Waals surface area contributed by atoms with E-state index in [1.165, 1.54) is 38.5 Å². The molecule has 0 amide bonds. The topological polar surface area (TPSA) is 80.9 Å². The molecule has 4 aliphatic carbocycles. The number of aliphatic hydroxyl groups is 1. The van der Waals surface area contributed by atoms with E-state index in [0.717, 1.165) is 43.4 Å². The molecule has 0 saturated heterocycles. The maximum atomic E-state index is 13.3. The van der Waals surface area contributed by atoms with Crippen molar-refractivity contribution in [2.75, 3.05) is 0 Å². The van der Waals surface area contributed by atoms with E-state index in [0.29, 0.717) is 29.5 Å². The highest BCUT2D eigenvalue weighted by atomic mass is 16.3. The molecular formula is C25H40N4O2. The fraction of sp³-hybridized carbons (Fsp3) is 0.920. The van der Waals surface area contributed by atoms with Crippen LogP contribution in [-0.4, -0.2) is 36.7 Å². The van der Waals surface area contributed by atoms with E-state index in [1.807, 2.05) is 13.8 Å². The monoisotopic (exact) mass is 428 g/mol. The highest BCUT2D eigenvalue weighted by Crippen LogP contribution is 2.67. The Morgan fingerprint density at radius 3 is 2.48 bits per heavy atom. The number of aromatic nitrogens is 4. The van der Waals surface area contributed by atoms with Crippen LogP contribution in [0.5, 0.6) is 0 Å². The van der Waals surface area contributed by atoms with Gasteiger partial charge in [-0.05, 0) is 123 Å². The maximum absolute atomic E-state index is 13.3. The van der Waals surface area contributed by atoms with E-state index in [-0.39, 0.29) is 11.3 Å². The zero-order valence-corrected chi connectivity index (χ0v) is 19.8. The highest BCUT2D eigenvalue weighted by Gasteiger charge is 2.60. The first-order chi connectivity index (χ1) is 14.6. The SMILES string of the molecule is Cc1nnnn1CC(=O)[C@H]1CC[C@H]2[C@@H]3CC[C@H]4CC[C@](C)(O)CC[C@]4(C)[C@H]3CC[C@]12C. The Labute approximate surface area is 186 Å². The molecule has 1 aromatic heterocycles. The van der Waals surface area contributed by atoms with Gasteiger partial charge in [0.15, 0.2) is 5.78 Å². The van der Waals surface area contributed by atoms with Crippen molar-refractivity contribution in [3.8, 4) is 0 Å². The molecule has 0 bridgehead atoms. The largest absolute Gasteiger partial charge is 0.390 e. The van der Waals surface area contributed by atoms with Gasteiger partial charge in [-0.2, -0.15) is 0 Å². The zero-order chi connectivity index (χ0) is 22.0. The van der Waals surface area contributed by atoms with Gasteiger partial charge in [0, 0.05) is 5.92 Å². The summed E-state index contributed by atoms with van der Waals surface area (Å²) in [7, 11) is 0. The van der Waals surface area contributed by atoms with E-state index in [9.17, 15) is 9.90 Å². The number of ketones is 1. The molecule has 31 heavy (non-hydrogen) atoms. The van der Waals surface area contributed by atoms with E-state index in [2.05, 4.69) is 29.4 Å². The van der Waals surface area contributed by atoms with Crippen LogP contribution in [0, 0.1) is 47.3 Å². The zero-order valence-electron chi connectivity index (χ0n) is 19.8. The molecule has 0 aromatic carbocycles. The van der Waals surface area contributed by atoms with Crippen molar-refractivity contribution in [3.63, 3.8) is 0 Å². The fourth-order valence-electron chi connectivity index (χ4n) is 8.73. The van der Waals surface area contributed by atoms with Crippen LogP contribution in [0.1, 0.15) is 90.8 Å². The van der Waals surface area contributed by atoms with Crippen LogP contribution in [0.3, 0.4) is 0 Å². The van der Waals surface area contributed by atoms with Crippen molar-refractivity contribution >= 4 is 5.78 Å². The lowest BCUT2D eigenvalue weighted by Gasteiger charge is -2.59. The quantitative estimate of drug-likeness (QED) is 0.774. The molecule has 8 atom stereocenters. The van der Waals surface area contributed by atoms with Gasteiger partial charge >= 0.3 is 0 Å². The number of fused-ring (bicyclic) bond motifs is 5. The first kappa shape index (κ1) is 21.5. The molecule has 0 unspecified atom stereocenters. The number of Topliss-reactive ketones (excluding diaryl/α,β-unsaturated/α-hetero) is 1. The Kier molecular flexibility index (Phi) is 5.11. The van der Waals surface area contributed by atoms with Gasteiger partial charge in [0.1, 0.15) is 12.4 Å². The maximum Gasteiger partial charge on any atom is 0.158 e. The molecule has 1 aromatic rings. The van der Waals surface area contributed by atoms with Gasteiger partial charge in [-0.3, -0.25) is 4.79 Å². The Hall–Kier alpha value is -1.30. The Balaban J connectivity index is 1.36. The van der Waals surface area contributed by atoms with Crippen molar-refractivity contribution in [1.82, 2.24) is 20.2 Å². The Morgan fingerprint density at radius 1 is 0.968 bits per heavy atom. The van der Waals surface area contributed by atoms with Crippen LogP contribution in [0.25, 0.3) is 0 Å². The van der Waals surface area contributed by atoms with Crippen molar-refractivity contribution < 1.29 is 9.90 Å². The molecule has 0 spiro atoms. The van der Waals surface area contributed by atoms with E-state index >= 15 is 0 Å². The summed E-state index contributed by atoms with van der Waals surface area (Å²) in [4.78, 5) is 13.3. The number of aryl methyl sites for hydroxylation is 1. The average Bonchev–Trinajstić information content (AvgIpc) is 3.25. The molecule has 0 radical (unpaired) electrons. The van der Waals surface area contributed by atoms with Crippen LogP contribution in [0.2, 0.25) is 0 Å². The first-order valence-corrected chi connectivity index (χ1v) is 12.6. The predicted molar refractivity (Wildman–Crippen MR) is 118 cm³/mol. The predicted octanol–water partition coefficient (Wildman–Crippen LogP) is 4.35. The molecule has 5 rings (SSSR count). The van der Waals surface area contributed by atoms with Crippen LogP contribution in [0.15, 0.2) is 0 Å². The number of hydrogen-bond donors (Lipinski definition) is 1. The molecule has 4 fully saturated rings. The van der Waals surface area contributed by atoms with E-state index in [4.69, 9.17) is 0 Å². The summed E-state index contributed by atoms with van der Waals surface area (Å²) in [6.45, 7) is 9.19. The van der Waals surface area contributed by atoms with Crippen LogP contribution < -0.4 is 0 Å². The fourth-order valence-corrected chi connectivity index (χ4v) is 8.73. The Morgan fingerprint density at radius 2 is 1.74 bits per heavy atom. The normalized spacial score (nSPS) is 47.2. The lowest BCUT2D eigenvalue weighted by molar-refractivity contribution is -0.134. The molecule has 172 valence electrons. The minimum absolute atomic E-state index is 0.125.